The van der Waals surface area contributed by atoms with Gasteiger partial charge < -0.3 is 15.0 Å². The van der Waals surface area contributed by atoms with E-state index in [1.165, 1.54) is 7.11 Å². The molecule has 0 radical (unpaired) electrons. The average molecular weight is 261 g/mol. The number of rotatable bonds is 3. The van der Waals surface area contributed by atoms with Crippen molar-refractivity contribution in [3.63, 3.8) is 0 Å². The van der Waals surface area contributed by atoms with Crippen molar-refractivity contribution < 1.29 is 14.1 Å². The zero-order valence-electron chi connectivity index (χ0n) is 11.0. The van der Waals surface area contributed by atoms with Crippen molar-refractivity contribution in [2.75, 3.05) is 18.2 Å². The molecule has 1 aromatic heterocycles. The van der Waals surface area contributed by atoms with Crippen LogP contribution in [0.15, 0.2) is 22.7 Å². The number of benzene rings is 1. The van der Waals surface area contributed by atoms with E-state index in [0.29, 0.717) is 22.9 Å². The van der Waals surface area contributed by atoms with Gasteiger partial charge >= 0.3 is 0 Å². The van der Waals surface area contributed by atoms with Crippen molar-refractivity contribution in [2.45, 2.75) is 13.8 Å². The van der Waals surface area contributed by atoms with Gasteiger partial charge in [0.15, 0.2) is 0 Å². The molecule has 1 amide bonds. The normalized spacial score (nSPS) is 10.3. The van der Waals surface area contributed by atoms with E-state index >= 15 is 0 Å². The topological polar surface area (TPSA) is 90.4 Å². The predicted octanol–water partition coefficient (Wildman–Crippen LogP) is 2.13. The molecule has 6 nitrogen and oxygen atoms in total. The molecule has 100 valence electrons. The summed E-state index contributed by atoms with van der Waals surface area (Å²) in [5.74, 6) is 0.519. The van der Waals surface area contributed by atoms with Gasteiger partial charge in [-0.1, -0.05) is 5.16 Å². The summed E-state index contributed by atoms with van der Waals surface area (Å²) in [7, 11) is 1.52. The van der Waals surface area contributed by atoms with E-state index in [1.807, 2.05) is 6.92 Å². The van der Waals surface area contributed by atoms with Gasteiger partial charge in [0.1, 0.15) is 5.75 Å². The van der Waals surface area contributed by atoms with Gasteiger partial charge in [-0.2, -0.15) is 0 Å². The highest BCUT2D eigenvalue weighted by Gasteiger charge is 2.16. The van der Waals surface area contributed by atoms with Gasteiger partial charge in [0.2, 0.25) is 5.88 Å². The largest absolute Gasteiger partial charge is 0.497 e. The maximum Gasteiger partial charge on any atom is 0.260 e. The minimum absolute atomic E-state index is 0.324. The molecule has 2 aromatic rings. The van der Waals surface area contributed by atoms with E-state index in [-0.39, 0.29) is 5.91 Å². The lowest BCUT2D eigenvalue weighted by molar-refractivity contribution is 0.102. The summed E-state index contributed by atoms with van der Waals surface area (Å²) in [5.41, 5.74) is 7.99. The van der Waals surface area contributed by atoms with Gasteiger partial charge in [-0.05, 0) is 32.0 Å². The van der Waals surface area contributed by atoms with Crippen LogP contribution in [-0.4, -0.2) is 18.2 Å². The van der Waals surface area contributed by atoms with Crippen molar-refractivity contribution in [3.05, 3.63) is 35.0 Å². The number of nitrogens with one attached hydrogen (secondary N) is 1. The van der Waals surface area contributed by atoms with Crippen LogP contribution in [0.2, 0.25) is 0 Å². The van der Waals surface area contributed by atoms with Gasteiger partial charge in [0.25, 0.3) is 5.91 Å². The molecular formula is C13H15N3O3. The number of hydrogen-bond acceptors (Lipinski definition) is 5. The quantitative estimate of drug-likeness (QED) is 0.826. The zero-order chi connectivity index (χ0) is 14.0. The number of methoxy groups -OCH3 is 1. The maximum absolute atomic E-state index is 12.1. The average Bonchev–Trinajstić information content (AvgIpc) is 2.71. The second kappa shape index (κ2) is 5.01. The highest BCUT2D eigenvalue weighted by atomic mass is 16.5. The molecule has 1 heterocycles. The van der Waals surface area contributed by atoms with E-state index in [9.17, 15) is 4.79 Å². The Morgan fingerprint density at radius 3 is 2.74 bits per heavy atom. The molecule has 0 aliphatic heterocycles. The third-order valence-electron chi connectivity index (χ3n) is 2.89. The molecule has 0 saturated carbocycles. The molecule has 0 bridgehead atoms. The molecule has 0 spiro atoms. The standard InChI is InChI=1S/C13H15N3O3/c1-7-8(2)16-19-13(7)15-12(17)10-6-9(18-3)4-5-11(10)14/h4-6H,14H2,1-3H3,(H,15,17). The minimum atomic E-state index is -0.365. The first-order valence-electron chi connectivity index (χ1n) is 5.70. The molecule has 0 unspecified atom stereocenters. The number of ether oxygens (including phenoxy) is 1. The summed E-state index contributed by atoms with van der Waals surface area (Å²) in [6.07, 6.45) is 0. The third kappa shape index (κ3) is 2.52. The fourth-order valence-electron chi connectivity index (χ4n) is 1.56. The first-order chi connectivity index (χ1) is 9.02. The second-order valence-corrected chi connectivity index (χ2v) is 4.13. The Balaban J connectivity index is 2.27. The van der Waals surface area contributed by atoms with E-state index in [4.69, 9.17) is 15.0 Å². The molecule has 0 aliphatic carbocycles. The summed E-state index contributed by atoms with van der Waals surface area (Å²) < 4.78 is 10.1. The lowest BCUT2D eigenvalue weighted by Gasteiger charge is -2.07. The summed E-state index contributed by atoms with van der Waals surface area (Å²) in [6, 6.07) is 4.88. The molecular weight excluding hydrogens is 246 g/mol. The first-order valence-corrected chi connectivity index (χ1v) is 5.70. The molecule has 0 fully saturated rings. The van der Waals surface area contributed by atoms with Gasteiger partial charge in [0, 0.05) is 11.3 Å². The number of nitrogens with zero attached hydrogens (tertiary/aromatic N) is 1. The van der Waals surface area contributed by atoms with Gasteiger partial charge in [0.05, 0.1) is 18.4 Å². The van der Waals surface area contributed by atoms with Crippen LogP contribution in [0.25, 0.3) is 0 Å². The molecule has 6 heteroatoms. The Morgan fingerprint density at radius 1 is 1.42 bits per heavy atom. The second-order valence-electron chi connectivity index (χ2n) is 4.13. The number of anilines is 2. The molecule has 0 aliphatic rings. The maximum atomic E-state index is 12.1. The van der Waals surface area contributed by atoms with Crippen LogP contribution in [0, 0.1) is 13.8 Å². The molecule has 0 atom stereocenters. The Morgan fingerprint density at radius 2 is 2.16 bits per heavy atom. The number of amides is 1. The van der Waals surface area contributed by atoms with Crippen molar-refractivity contribution in [1.29, 1.82) is 0 Å². The van der Waals surface area contributed by atoms with E-state index in [1.54, 1.807) is 25.1 Å². The number of carbonyl (C=O) groups excluding carboxylic acids is 1. The summed E-state index contributed by atoms with van der Waals surface area (Å²) in [4.78, 5) is 12.1. The van der Waals surface area contributed by atoms with Crippen LogP contribution >= 0.6 is 0 Å². The number of hydrogen-bond donors (Lipinski definition) is 2. The number of nitrogen functional groups attached to an aromatic ring is 1. The smallest absolute Gasteiger partial charge is 0.260 e. The molecule has 1 aromatic carbocycles. The third-order valence-corrected chi connectivity index (χ3v) is 2.89. The lowest BCUT2D eigenvalue weighted by Crippen LogP contribution is -2.14. The summed E-state index contributed by atoms with van der Waals surface area (Å²) in [5, 5.41) is 6.41. The summed E-state index contributed by atoms with van der Waals surface area (Å²) >= 11 is 0. The fourth-order valence-corrected chi connectivity index (χ4v) is 1.56. The molecule has 3 N–H and O–H groups in total. The Kier molecular flexibility index (Phi) is 3.41. The van der Waals surface area contributed by atoms with Crippen LogP contribution in [-0.2, 0) is 0 Å². The number of aryl methyl sites for hydroxylation is 1. The van der Waals surface area contributed by atoms with Crippen LogP contribution in [0.5, 0.6) is 5.75 Å². The predicted molar refractivity (Wildman–Crippen MR) is 71.3 cm³/mol. The summed E-state index contributed by atoms with van der Waals surface area (Å²) in [6.45, 7) is 3.62. The van der Waals surface area contributed by atoms with Gasteiger partial charge in [-0.3, -0.25) is 10.1 Å². The van der Waals surface area contributed by atoms with E-state index in [2.05, 4.69) is 10.5 Å². The van der Waals surface area contributed by atoms with Crippen LogP contribution in [0.4, 0.5) is 11.6 Å². The molecule has 0 saturated heterocycles. The zero-order valence-corrected chi connectivity index (χ0v) is 11.0. The van der Waals surface area contributed by atoms with Crippen molar-refractivity contribution in [1.82, 2.24) is 5.16 Å². The Hall–Kier alpha value is -2.50. The van der Waals surface area contributed by atoms with Crippen molar-refractivity contribution in [2.24, 2.45) is 0 Å². The molecule has 19 heavy (non-hydrogen) atoms. The van der Waals surface area contributed by atoms with Crippen LogP contribution in [0.3, 0.4) is 0 Å². The Labute approximate surface area is 110 Å². The van der Waals surface area contributed by atoms with Crippen molar-refractivity contribution >= 4 is 17.5 Å². The Bertz CT molecular complexity index is 620. The SMILES string of the molecule is COc1ccc(N)c(C(=O)Nc2onc(C)c2C)c1. The highest BCUT2D eigenvalue weighted by molar-refractivity contribution is 6.07. The molecule has 2 rings (SSSR count). The van der Waals surface area contributed by atoms with E-state index < -0.39 is 0 Å². The number of carbonyl (C=O) groups is 1. The monoisotopic (exact) mass is 261 g/mol. The minimum Gasteiger partial charge on any atom is -0.497 e. The lowest BCUT2D eigenvalue weighted by atomic mass is 10.1. The number of aromatic nitrogens is 1. The highest BCUT2D eigenvalue weighted by Crippen LogP contribution is 2.22. The van der Waals surface area contributed by atoms with E-state index in [0.717, 1.165) is 11.3 Å². The van der Waals surface area contributed by atoms with Crippen LogP contribution < -0.4 is 15.8 Å². The first kappa shape index (κ1) is 12.9. The number of nitrogens with two attached hydrogens (primary N) is 1. The van der Waals surface area contributed by atoms with Crippen LogP contribution in [0.1, 0.15) is 21.6 Å². The van der Waals surface area contributed by atoms with Gasteiger partial charge in [-0.25, -0.2) is 0 Å². The van der Waals surface area contributed by atoms with Gasteiger partial charge in [-0.15, -0.1) is 0 Å². The fraction of sp³-hybridized carbons (Fsp3) is 0.231. The van der Waals surface area contributed by atoms with Crippen molar-refractivity contribution in [3.8, 4) is 5.75 Å².